The highest BCUT2D eigenvalue weighted by Gasteiger charge is 2.38. The molecular weight excluding hydrogens is 497 g/mol. The number of hydrogen-bond acceptors (Lipinski definition) is 3. The van der Waals surface area contributed by atoms with Crippen molar-refractivity contribution in [3.63, 3.8) is 0 Å². The van der Waals surface area contributed by atoms with Gasteiger partial charge in [-0.25, -0.2) is 13.1 Å². The van der Waals surface area contributed by atoms with Crippen molar-refractivity contribution in [2.75, 3.05) is 6.54 Å². The molecule has 0 bridgehead atoms. The molecule has 0 radical (unpaired) electrons. The monoisotopic (exact) mass is 527 g/mol. The average Bonchev–Trinajstić information content (AvgIpc) is 2.73. The summed E-state index contributed by atoms with van der Waals surface area (Å²) in [6, 6.07) is 17.1. The molecule has 0 unspecified atom stereocenters. The molecular formula is C23H30INO3S. The molecule has 0 amide bonds. The van der Waals surface area contributed by atoms with E-state index in [0.717, 1.165) is 24.0 Å². The van der Waals surface area contributed by atoms with E-state index in [1.165, 1.54) is 19.3 Å². The van der Waals surface area contributed by atoms with Gasteiger partial charge in [0.25, 0.3) is 0 Å². The molecule has 4 nitrogen and oxygen atoms in total. The van der Waals surface area contributed by atoms with Gasteiger partial charge in [0, 0.05) is 6.54 Å². The number of benzene rings is 2. The van der Waals surface area contributed by atoms with Gasteiger partial charge in [-0.15, -0.1) is 0 Å². The highest BCUT2D eigenvalue weighted by atomic mass is 127. The van der Waals surface area contributed by atoms with E-state index in [4.69, 9.17) is 4.74 Å². The van der Waals surface area contributed by atoms with E-state index >= 15 is 0 Å². The van der Waals surface area contributed by atoms with Gasteiger partial charge in [0.1, 0.15) is 5.60 Å². The second-order valence-corrected chi connectivity index (χ2v) is 11.3. The SMILES string of the molecule is Cc1ccc(S(=O)(=O)NC[C@H](I)[C@](C)(OC2CCCCC2)c2ccccc2)cc1. The number of rotatable bonds is 8. The maximum atomic E-state index is 12.7. The normalized spacial score (nSPS) is 18.9. The minimum atomic E-state index is -3.56. The Kier molecular flexibility index (Phi) is 7.75. The fourth-order valence-electron chi connectivity index (χ4n) is 3.80. The van der Waals surface area contributed by atoms with Crippen LogP contribution in [0.3, 0.4) is 0 Å². The Hall–Kier alpha value is -0.960. The third-order valence-electron chi connectivity index (χ3n) is 5.69. The Balaban J connectivity index is 1.77. The van der Waals surface area contributed by atoms with Crippen molar-refractivity contribution >= 4 is 32.6 Å². The maximum Gasteiger partial charge on any atom is 0.240 e. The first-order valence-corrected chi connectivity index (χ1v) is 13.0. The molecule has 0 aromatic heterocycles. The molecule has 1 saturated carbocycles. The largest absolute Gasteiger partial charge is 0.366 e. The lowest BCUT2D eigenvalue weighted by atomic mass is 9.90. The Morgan fingerprint density at radius 3 is 2.31 bits per heavy atom. The molecule has 0 saturated heterocycles. The van der Waals surface area contributed by atoms with Crippen molar-refractivity contribution in [1.29, 1.82) is 0 Å². The lowest BCUT2D eigenvalue weighted by Gasteiger charge is -2.39. The predicted molar refractivity (Wildman–Crippen MR) is 126 cm³/mol. The molecule has 0 heterocycles. The van der Waals surface area contributed by atoms with Gasteiger partial charge in [-0.05, 0) is 44.4 Å². The smallest absolute Gasteiger partial charge is 0.240 e. The summed E-state index contributed by atoms with van der Waals surface area (Å²) in [6.45, 7) is 4.34. The van der Waals surface area contributed by atoms with Crippen LogP contribution in [0.25, 0.3) is 0 Å². The number of aryl methyl sites for hydroxylation is 1. The summed E-state index contributed by atoms with van der Waals surface area (Å²) < 4.78 is 34.9. The van der Waals surface area contributed by atoms with Gasteiger partial charge in [0.2, 0.25) is 10.0 Å². The van der Waals surface area contributed by atoms with E-state index in [0.29, 0.717) is 11.4 Å². The van der Waals surface area contributed by atoms with E-state index < -0.39 is 15.6 Å². The average molecular weight is 527 g/mol. The molecule has 29 heavy (non-hydrogen) atoms. The zero-order valence-electron chi connectivity index (χ0n) is 17.1. The first-order valence-electron chi connectivity index (χ1n) is 10.2. The lowest BCUT2D eigenvalue weighted by Crippen LogP contribution is -2.45. The minimum absolute atomic E-state index is 0.0651. The molecule has 2 aromatic rings. The van der Waals surface area contributed by atoms with Crippen molar-refractivity contribution in [3.8, 4) is 0 Å². The number of halogens is 1. The quantitative estimate of drug-likeness (QED) is 0.373. The maximum absolute atomic E-state index is 12.7. The van der Waals surface area contributed by atoms with Crippen molar-refractivity contribution in [1.82, 2.24) is 4.72 Å². The van der Waals surface area contributed by atoms with Gasteiger partial charge in [-0.1, -0.05) is 89.9 Å². The molecule has 0 spiro atoms. The van der Waals surface area contributed by atoms with Crippen molar-refractivity contribution < 1.29 is 13.2 Å². The number of ether oxygens (including phenoxy) is 1. The van der Waals surface area contributed by atoms with Crippen LogP contribution in [0.2, 0.25) is 0 Å². The van der Waals surface area contributed by atoms with E-state index in [1.54, 1.807) is 12.1 Å². The van der Waals surface area contributed by atoms with Gasteiger partial charge in [-0.2, -0.15) is 0 Å². The summed E-state index contributed by atoms with van der Waals surface area (Å²) in [5.41, 5.74) is 1.55. The zero-order chi connectivity index (χ0) is 20.9. The van der Waals surface area contributed by atoms with Gasteiger partial charge >= 0.3 is 0 Å². The van der Waals surface area contributed by atoms with Crippen molar-refractivity contribution in [2.45, 2.75) is 66.5 Å². The van der Waals surface area contributed by atoms with Gasteiger partial charge in [0.15, 0.2) is 0 Å². The molecule has 3 rings (SSSR count). The van der Waals surface area contributed by atoms with Crippen LogP contribution in [-0.4, -0.2) is 25.0 Å². The third kappa shape index (κ3) is 5.81. The first kappa shape index (κ1) is 22.7. The number of sulfonamides is 1. The summed E-state index contributed by atoms with van der Waals surface area (Å²) >= 11 is 2.33. The number of alkyl halides is 1. The lowest BCUT2D eigenvalue weighted by molar-refractivity contribution is -0.0975. The van der Waals surface area contributed by atoms with Crippen molar-refractivity contribution in [2.24, 2.45) is 0 Å². The van der Waals surface area contributed by atoms with Crippen LogP contribution in [0.4, 0.5) is 0 Å². The minimum Gasteiger partial charge on any atom is -0.366 e. The van der Waals surface area contributed by atoms with Crippen molar-refractivity contribution in [3.05, 3.63) is 65.7 Å². The molecule has 1 aliphatic carbocycles. The highest BCUT2D eigenvalue weighted by molar-refractivity contribution is 14.1. The molecule has 2 aromatic carbocycles. The molecule has 2 atom stereocenters. The highest BCUT2D eigenvalue weighted by Crippen LogP contribution is 2.37. The summed E-state index contributed by atoms with van der Waals surface area (Å²) in [5, 5.41) is 0. The number of hydrogen-bond donors (Lipinski definition) is 1. The fraction of sp³-hybridized carbons (Fsp3) is 0.478. The summed E-state index contributed by atoms with van der Waals surface area (Å²) in [7, 11) is -3.56. The Bertz CT molecular complexity index is 880. The molecule has 0 aliphatic heterocycles. The van der Waals surface area contributed by atoms with Crippen LogP contribution in [-0.2, 0) is 20.4 Å². The fourth-order valence-corrected chi connectivity index (χ4v) is 5.87. The zero-order valence-corrected chi connectivity index (χ0v) is 20.1. The van der Waals surface area contributed by atoms with Crippen LogP contribution in [0.15, 0.2) is 59.5 Å². The predicted octanol–water partition coefficient (Wildman–Crippen LogP) is 5.34. The molecule has 158 valence electrons. The second kappa shape index (κ2) is 9.90. The molecule has 1 fully saturated rings. The van der Waals surface area contributed by atoms with Crippen LogP contribution in [0.1, 0.15) is 50.2 Å². The third-order valence-corrected chi connectivity index (χ3v) is 8.76. The Morgan fingerprint density at radius 2 is 1.69 bits per heavy atom. The first-order chi connectivity index (χ1) is 13.8. The topological polar surface area (TPSA) is 55.4 Å². The Morgan fingerprint density at radius 1 is 1.07 bits per heavy atom. The van der Waals surface area contributed by atoms with Crippen LogP contribution >= 0.6 is 22.6 Å². The Labute approximate surface area is 188 Å². The van der Waals surface area contributed by atoms with E-state index in [-0.39, 0.29) is 10.0 Å². The summed E-state index contributed by atoms with van der Waals surface area (Å²) in [4.78, 5) is 0.293. The van der Waals surface area contributed by atoms with Crippen LogP contribution in [0.5, 0.6) is 0 Å². The van der Waals surface area contributed by atoms with E-state index in [9.17, 15) is 8.42 Å². The number of nitrogens with one attached hydrogen (secondary N) is 1. The van der Waals surface area contributed by atoms with Gasteiger partial charge in [-0.3, -0.25) is 0 Å². The molecule has 6 heteroatoms. The van der Waals surface area contributed by atoms with Gasteiger partial charge in [0.05, 0.1) is 14.9 Å². The van der Waals surface area contributed by atoms with Crippen LogP contribution < -0.4 is 4.72 Å². The van der Waals surface area contributed by atoms with Crippen LogP contribution in [0, 0.1) is 6.92 Å². The molecule has 1 N–H and O–H groups in total. The van der Waals surface area contributed by atoms with E-state index in [1.807, 2.05) is 37.3 Å². The van der Waals surface area contributed by atoms with E-state index in [2.05, 4.69) is 46.4 Å². The summed E-state index contributed by atoms with van der Waals surface area (Å²) in [5.74, 6) is 0. The molecule has 1 aliphatic rings. The second-order valence-electron chi connectivity index (χ2n) is 7.98. The standard InChI is InChI=1S/C23H30INO3S/c1-18-13-15-21(16-14-18)29(26,27)25-17-22(24)23(2,19-9-5-3-6-10-19)28-20-11-7-4-8-12-20/h3,5-6,9-10,13-16,20,22,25H,4,7-8,11-12,17H2,1-2H3/t22-,23+/m0/s1. The summed E-state index contributed by atoms with van der Waals surface area (Å²) in [6.07, 6.45) is 6.02. The van der Waals surface area contributed by atoms with Gasteiger partial charge < -0.3 is 4.74 Å².